The Hall–Kier alpha value is -2.05. The van der Waals surface area contributed by atoms with Gasteiger partial charge in [0.2, 0.25) is 0 Å². The van der Waals surface area contributed by atoms with Crippen molar-refractivity contribution in [3.63, 3.8) is 0 Å². The van der Waals surface area contributed by atoms with Crippen molar-refractivity contribution >= 4 is 33.6 Å². The molecule has 1 aromatic carbocycles. The highest BCUT2D eigenvalue weighted by Crippen LogP contribution is 2.28. The lowest BCUT2D eigenvalue weighted by atomic mass is 10.3. The summed E-state index contributed by atoms with van der Waals surface area (Å²) in [6.45, 7) is 2.31. The molecule has 0 amide bonds. The van der Waals surface area contributed by atoms with Crippen LogP contribution >= 0.6 is 22.9 Å². The zero-order chi connectivity index (χ0) is 15.7. The van der Waals surface area contributed by atoms with Crippen LogP contribution in [-0.2, 0) is 6.54 Å². The number of benzene rings is 1. The molecule has 3 aromatic rings. The molecule has 0 aliphatic carbocycles. The van der Waals surface area contributed by atoms with Gasteiger partial charge in [0, 0.05) is 22.2 Å². The molecule has 114 valence electrons. The van der Waals surface area contributed by atoms with Crippen LogP contribution in [0.1, 0.15) is 11.4 Å². The number of anilines is 1. The van der Waals surface area contributed by atoms with Crippen LogP contribution in [-0.4, -0.2) is 16.5 Å². The highest BCUT2D eigenvalue weighted by molar-refractivity contribution is 7.15. The van der Waals surface area contributed by atoms with E-state index >= 15 is 0 Å². The fourth-order valence-electron chi connectivity index (χ4n) is 2.20. The first kappa shape index (κ1) is 14.9. The Morgan fingerprint density at radius 1 is 1.41 bits per heavy atom. The molecule has 2 heterocycles. The van der Waals surface area contributed by atoms with Gasteiger partial charge in [0.25, 0.3) is 5.56 Å². The maximum atomic E-state index is 12.1. The Morgan fingerprint density at radius 2 is 2.23 bits per heavy atom. The Morgan fingerprint density at radius 3 is 3.00 bits per heavy atom. The molecule has 0 spiro atoms. The van der Waals surface area contributed by atoms with Gasteiger partial charge in [-0.15, -0.1) is 11.3 Å². The van der Waals surface area contributed by atoms with Gasteiger partial charge < -0.3 is 10.1 Å². The van der Waals surface area contributed by atoms with Crippen molar-refractivity contribution in [2.75, 3.05) is 12.4 Å². The number of aryl methyl sites for hydroxylation is 1. The summed E-state index contributed by atoms with van der Waals surface area (Å²) in [5.74, 6) is 0.689. The number of nitrogens with one attached hydrogen (secondary N) is 1. The molecule has 22 heavy (non-hydrogen) atoms. The van der Waals surface area contributed by atoms with Gasteiger partial charge >= 0.3 is 0 Å². The maximum Gasteiger partial charge on any atom is 0.259 e. The van der Waals surface area contributed by atoms with Gasteiger partial charge in [-0.25, -0.2) is 4.98 Å². The first-order valence-electron chi connectivity index (χ1n) is 6.62. The van der Waals surface area contributed by atoms with Crippen LogP contribution in [0.5, 0.6) is 5.75 Å². The molecule has 0 bridgehead atoms. The highest BCUT2D eigenvalue weighted by atomic mass is 35.5. The molecule has 5 nitrogen and oxygen atoms in total. The van der Waals surface area contributed by atoms with Crippen molar-refractivity contribution < 1.29 is 4.74 Å². The monoisotopic (exact) mass is 335 g/mol. The van der Waals surface area contributed by atoms with Crippen molar-refractivity contribution in [2.45, 2.75) is 13.5 Å². The van der Waals surface area contributed by atoms with E-state index in [0.29, 0.717) is 28.0 Å². The molecule has 1 N–H and O–H groups in total. The molecule has 7 heteroatoms. The van der Waals surface area contributed by atoms with E-state index < -0.39 is 0 Å². The fraction of sp³-hybridized carbons (Fsp3) is 0.200. The Labute approximate surface area is 136 Å². The number of fused-ring (bicyclic) bond motifs is 1. The molecule has 3 rings (SSSR count). The molecule has 0 fully saturated rings. The number of nitrogens with zero attached hydrogens (tertiary/aromatic N) is 2. The highest BCUT2D eigenvalue weighted by Gasteiger charge is 2.08. The summed E-state index contributed by atoms with van der Waals surface area (Å²) in [6.07, 6.45) is 0. The van der Waals surface area contributed by atoms with Crippen LogP contribution in [0.15, 0.2) is 34.4 Å². The predicted octanol–water partition coefficient (Wildman–Crippen LogP) is 3.34. The minimum Gasteiger partial charge on any atom is -0.495 e. The van der Waals surface area contributed by atoms with Gasteiger partial charge in [-0.1, -0.05) is 11.6 Å². The largest absolute Gasteiger partial charge is 0.495 e. The third-order valence-corrected chi connectivity index (χ3v) is 4.43. The standard InChI is InChI=1S/C15H14ClN3O2S/c1-9-8-22-15-18-11(6-14(20)19(9)15)7-17-12-5-10(16)3-4-13(12)21-2/h3-6,8,17H,7H2,1-2H3. The van der Waals surface area contributed by atoms with Crippen molar-refractivity contribution in [1.82, 2.24) is 9.38 Å². The summed E-state index contributed by atoms with van der Waals surface area (Å²) in [7, 11) is 1.60. The Balaban J connectivity index is 1.88. The second kappa shape index (κ2) is 5.98. The lowest BCUT2D eigenvalue weighted by Gasteiger charge is -2.11. The molecule has 0 unspecified atom stereocenters. The first-order valence-corrected chi connectivity index (χ1v) is 7.88. The number of ether oxygens (including phenoxy) is 1. The minimum atomic E-state index is -0.0707. The van der Waals surface area contributed by atoms with Crippen LogP contribution in [0.25, 0.3) is 4.96 Å². The van der Waals surface area contributed by atoms with Gasteiger partial charge in [0.05, 0.1) is 25.0 Å². The third-order valence-electron chi connectivity index (χ3n) is 3.25. The molecular formula is C15H14ClN3O2S. The van der Waals surface area contributed by atoms with Gasteiger partial charge in [0.1, 0.15) is 5.75 Å². The van der Waals surface area contributed by atoms with E-state index in [9.17, 15) is 4.79 Å². The average Bonchev–Trinajstić information content (AvgIpc) is 2.87. The lowest BCUT2D eigenvalue weighted by molar-refractivity contribution is 0.416. The molecule has 0 atom stereocenters. The van der Waals surface area contributed by atoms with E-state index in [1.54, 1.807) is 29.7 Å². The summed E-state index contributed by atoms with van der Waals surface area (Å²) in [4.78, 5) is 17.3. The van der Waals surface area contributed by atoms with Crippen LogP contribution < -0.4 is 15.6 Å². The topological polar surface area (TPSA) is 55.6 Å². The second-order valence-corrected chi connectivity index (χ2v) is 6.05. The fourth-order valence-corrected chi connectivity index (χ4v) is 3.26. The van der Waals surface area contributed by atoms with Crippen LogP contribution in [0.3, 0.4) is 0 Å². The number of methoxy groups -OCH3 is 1. The van der Waals surface area contributed by atoms with Gasteiger partial charge in [0.15, 0.2) is 4.96 Å². The maximum absolute atomic E-state index is 12.1. The lowest BCUT2D eigenvalue weighted by Crippen LogP contribution is -2.16. The van der Waals surface area contributed by atoms with Crippen molar-refractivity contribution in [3.05, 3.63) is 56.4 Å². The molecule has 0 saturated heterocycles. The molecular weight excluding hydrogens is 322 g/mol. The summed E-state index contributed by atoms with van der Waals surface area (Å²) in [5.41, 5.74) is 2.26. The number of thiazole rings is 1. The van der Waals surface area contributed by atoms with E-state index in [4.69, 9.17) is 16.3 Å². The van der Waals surface area contributed by atoms with Crippen LogP contribution in [0, 0.1) is 6.92 Å². The molecule has 0 radical (unpaired) electrons. The average molecular weight is 336 g/mol. The predicted molar refractivity (Wildman–Crippen MR) is 89.4 cm³/mol. The molecule has 0 aliphatic heterocycles. The van der Waals surface area contributed by atoms with Gasteiger partial charge in [-0.05, 0) is 25.1 Å². The van der Waals surface area contributed by atoms with E-state index in [1.807, 2.05) is 12.3 Å². The summed E-state index contributed by atoms with van der Waals surface area (Å²) >= 11 is 7.45. The Kier molecular flexibility index (Phi) is 4.04. The first-order chi connectivity index (χ1) is 10.6. The van der Waals surface area contributed by atoms with Gasteiger partial charge in [-0.2, -0.15) is 0 Å². The van der Waals surface area contributed by atoms with Crippen LogP contribution in [0.4, 0.5) is 5.69 Å². The summed E-state index contributed by atoms with van der Waals surface area (Å²) in [6, 6.07) is 6.87. The number of rotatable bonds is 4. The number of hydrogen-bond donors (Lipinski definition) is 1. The van der Waals surface area contributed by atoms with Gasteiger partial charge in [-0.3, -0.25) is 9.20 Å². The van der Waals surface area contributed by atoms with E-state index in [2.05, 4.69) is 10.3 Å². The van der Waals surface area contributed by atoms with E-state index in [-0.39, 0.29) is 5.56 Å². The van der Waals surface area contributed by atoms with Crippen molar-refractivity contribution in [3.8, 4) is 5.75 Å². The smallest absolute Gasteiger partial charge is 0.259 e. The zero-order valence-electron chi connectivity index (χ0n) is 12.1. The van der Waals surface area contributed by atoms with E-state index in [1.165, 1.54) is 17.4 Å². The quantitative estimate of drug-likeness (QED) is 0.794. The summed E-state index contributed by atoms with van der Waals surface area (Å²) in [5, 5.41) is 5.73. The molecule has 2 aromatic heterocycles. The summed E-state index contributed by atoms with van der Waals surface area (Å²) < 4.78 is 6.89. The van der Waals surface area contributed by atoms with Crippen LogP contribution in [0.2, 0.25) is 5.02 Å². The number of halogens is 1. The molecule has 0 saturated carbocycles. The third kappa shape index (κ3) is 2.80. The normalized spacial score (nSPS) is 10.9. The minimum absolute atomic E-state index is 0.0707. The number of hydrogen-bond acceptors (Lipinski definition) is 5. The second-order valence-electron chi connectivity index (χ2n) is 4.78. The number of aromatic nitrogens is 2. The molecule has 0 aliphatic rings. The van der Waals surface area contributed by atoms with Crippen molar-refractivity contribution in [2.24, 2.45) is 0 Å². The van der Waals surface area contributed by atoms with Crippen molar-refractivity contribution in [1.29, 1.82) is 0 Å². The Bertz CT molecular complexity index is 888. The SMILES string of the molecule is COc1ccc(Cl)cc1NCc1cc(=O)n2c(C)csc2n1. The van der Waals surface area contributed by atoms with E-state index in [0.717, 1.165) is 11.4 Å². The zero-order valence-corrected chi connectivity index (χ0v) is 13.7.